The Bertz CT molecular complexity index is 1120. The van der Waals surface area contributed by atoms with Gasteiger partial charge in [-0.25, -0.2) is 0 Å². The Morgan fingerprint density at radius 1 is 1.17 bits per heavy atom. The highest BCUT2D eigenvalue weighted by molar-refractivity contribution is 9.10. The lowest BCUT2D eigenvalue weighted by Crippen LogP contribution is -2.25. The fourth-order valence-corrected chi connectivity index (χ4v) is 3.73. The van der Waals surface area contributed by atoms with Crippen LogP contribution in [-0.4, -0.2) is 33.5 Å². The van der Waals surface area contributed by atoms with Crippen LogP contribution >= 0.6 is 38.9 Å². The van der Waals surface area contributed by atoms with Crippen molar-refractivity contribution in [1.82, 2.24) is 15.5 Å². The minimum atomic E-state index is -0.691. The number of nitrogens with one attached hydrogen (secondary N) is 2. The molecule has 12 heteroatoms. The second-order valence-electron chi connectivity index (χ2n) is 5.89. The maximum Gasteiger partial charge on any atom is 0.283 e. The number of carbonyl (C=O) groups excluding carboxylic acids is 2. The van der Waals surface area contributed by atoms with Gasteiger partial charge in [-0.1, -0.05) is 44.9 Å². The second-order valence-corrected chi connectivity index (χ2v) is 8.30. The largest absolute Gasteiger partial charge is 0.352 e. The number of aromatic nitrogens is 2. The molecular formula is C18H13BrClN5O4S. The molecule has 3 rings (SSSR count). The fourth-order valence-electron chi connectivity index (χ4n) is 2.43. The molecule has 0 saturated heterocycles. The summed E-state index contributed by atoms with van der Waals surface area (Å²) in [6.07, 6.45) is 0.411. The van der Waals surface area contributed by atoms with Gasteiger partial charge in [-0.3, -0.25) is 25.0 Å². The molecule has 0 unspecified atom stereocenters. The van der Waals surface area contributed by atoms with Gasteiger partial charge in [0, 0.05) is 34.1 Å². The number of benzene rings is 2. The van der Waals surface area contributed by atoms with E-state index in [-0.39, 0.29) is 21.6 Å². The van der Waals surface area contributed by atoms with Gasteiger partial charge in [-0.15, -0.1) is 10.2 Å². The van der Waals surface area contributed by atoms with Crippen molar-refractivity contribution < 1.29 is 14.5 Å². The molecule has 0 bridgehead atoms. The van der Waals surface area contributed by atoms with Crippen LogP contribution in [0.5, 0.6) is 0 Å². The van der Waals surface area contributed by atoms with Crippen LogP contribution in [0.25, 0.3) is 0 Å². The second kappa shape index (κ2) is 9.74. The number of halogens is 2. The first kappa shape index (κ1) is 21.8. The predicted octanol–water partition coefficient (Wildman–Crippen LogP) is 4.09. The molecule has 0 aliphatic heterocycles. The summed E-state index contributed by atoms with van der Waals surface area (Å²) in [5, 5.41) is 25.2. The van der Waals surface area contributed by atoms with Crippen LogP contribution < -0.4 is 10.6 Å². The summed E-state index contributed by atoms with van der Waals surface area (Å²) in [4.78, 5) is 34.9. The number of amides is 2. The van der Waals surface area contributed by atoms with Gasteiger partial charge in [0.05, 0.1) is 4.92 Å². The highest BCUT2D eigenvalue weighted by atomic mass is 79.9. The molecule has 154 valence electrons. The molecule has 1 heterocycles. The van der Waals surface area contributed by atoms with Crippen LogP contribution in [-0.2, 0) is 6.42 Å². The van der Waals surface area contributed by atoms with E-state index in [0.717, 1.165) is 21.9 Å². The summed E-state index contributed by atoms with van der Waals surface area (Å²) < 4.78 is 0.806. The summed E-state index contributed by atoms with van der Waals surface area (Å²) in [5.74, 6) is -0.909. The molecule has 30 heavy (non-hydrogen) atoms. The van der Waals surface area contributed by atoms with E-state index in [1.54, 1.807) is 18.2 Å². The molecular weight excluding hydrogens is 498 g/mol. The number of hydrogen-bond donors (Lipinski definition) is 2. The highest BCUT2D eigenvalue weighted by Crippen LogP contribution is 2.25. The average Bonchev–Trinajstić information content (AvgIpc) is 3.14. The summed E-state index contributed by atoms with van der Waals surface area (Å²) in [6, 6.07) is 10.8. The third-order valence-corrected chi connectivity index (χ3v) is 5.43. The number of nitrogens with zero attached hydrogens (tertiary/aromatic N) is 3. The van der Waals surface area contributed by atoms with E-state index in [1.165, 1.54) is 12.1 Å². The van der Waals surface area contributed by atoms with E-state index >= 15 is 0 Å². The van der Waals surface area contributed by atoms with E-state index in [4.69, 9.17) is 11.6 Å². The maximum atomic E-state index is 12.4. The van der Waals surface area contributed by atoms with Crippen LogP contribution in [0.2, 0.25) is 5.02 Å². The Labute approximate surface area is 187 Å². The molecule has 2 N–H and O–H groups in total. The minimum Gasteiger partial charge on any atom is -0.352 e. The minimum absolute atomic E-state index is 0.137. The lowest BCUT2D eigenvalue weighted by molar-refractivity contribution is -0.385. The molecule has 0 aliphatic rings. The number of nitro groups is 1. The zero-order valence-electron chi connectivity index (χ0n) is 15.1. The molecule has 0 radical (unpaired) electrons. The number of rotatable bonds is 7. The third kappa shape index (κ3) is 5.59. The standard InChI is InChI=1S/C18H13BrClN5O4S/c19-11-3-1-2-10(8-11)16(26)21-7-6-15-23-24-18(30-15)22-17(27)13-5-4-12(20)9-14(13)25(28)29/h1-5,8-9H,6-7H2,(H,21,26)(H,22,24,27). The molecule has 3 aromatic rings. The summed E-state index contributed by atoms with van der Waals surface area (Å²) in [6.45, 7) is 0.330. The maximum absolute atomic E-state index is 12.4. The van der Waals surface area contributed by atoms with Crippen molar-refractivity contribution in [1.29, 1.82) is 0 Å². The molecule has 0 aliphatic carbocycles. The van der Waals surface area contributed by atoms with Gasteiger partial charge in [0.25, 0.3) is 17.5 Å². The molecule has 9 nitrogen and oxygen atoms in total. The normalized spacial score (nSPS) is 10.5. The third-order valence-electron chi connectivity index (χ3n) is 3.80. The van der Waals surface area contributed by atoms with Crippen LogP contribution in [0.4, 0.5) is 10.8 Å². The molecule has 0 atom stereocenters. The van der Waals surface area contributed by atoms with E-state index in [0.29, 0.717) is 23.5 Å². The quantitative estimate of drug-likeness (QED) is 0.364. The van der Waals surface area contributed by atoms with Gasteiger partial charge in [-0.05, 0) is 30.3 Å². The number of hydrogen-bond acceptors (Lipinski definition) is 7. The van der Waals surface area contributed by atoms with Gasteiger partial charge in [0.15, 0.2) is 0 Å². The number of nitro benzene ring substituents is 1. The summed E-state index contributed by atoms with van der Waals surface area (Å²) >= 11 is 10.2. The van der Waals surface area contributed by atoms with Crippen molar-refractivity contribution in [3.63, 3.8) is 0 Å². The smallest absolute Gasteiger partial charge is 0.283 e. The van der Waals surface area contributed by atoms with Gasteiger partial charge < -0.3 is 5.32 Å². The first-order chi connectivity index (χ1) is 14.3. The van der Waals surface area contributed by atoms with E-state index in [2.05, 4.69) is 36.8 Å². The molecule has 0 fully saturated rings. The van der Waals surface area contributed by atoms with Crippen molar-refractivity contribution in [3.05, 3.63) is 78.2 Å². The van der Waals surface area contributed by atoms with Gasteiger partial charge in [0.1, 0.15) is 10.6 Å². The van der Waals surface area contributed by atoms with Gasteiger partial charge >= 0.3 is 0 Å². The first-order valence-electron chi connectivity index (χ1n) is 8.45. The molecule has 2 aromatic carbocycles. The first-order valence-corrected chi connectivity index (χ1v) is 10.4. The number of anilines is 1. The lowest BCUT2D eigenvalue weighted by atomic mass is 10.1. The van der Waals surface area contributed by atoms with Crippen molar-refractivity contribution in [2.45, 2.75) is 6.42 Å². The van der Waals surface area contributed by atoms with Gasteiger partial charge in [-0.2, -0.15) is 0 Å². The van der Waals surface area contributed by atoms with Crippen molar-refractivity contribution in [2.75, 3.05) is 11.9 Å². The Balaban J connectivity index is 1.57. The van der Waals surface area contributed by atoms with Crippen LogP contribution in [0.3, 0.4) is 0 Å². The Kier molecular flexibility index (Phi) is 7.08. The zero-order chi connectivity index (χ0) is 21.7. The van der Waals surface area contributed by atoms with E-state index in [1.807, 2.05) is 6.07 Å². The van der Waals surface area contributed by atoms with Crippen molar-refractivity contribution >= 4 is 61.5 Å². The Morgan fingerprint density at radius 3 is 2.70 bits per heavy atom. The topological polar surface area (TPSA) is 127 Å². The molecule has 0 spiro atoms. The zero-order valence-corrected chi connectivity index (χ0v) is 18.3. The monoisotopic (exact) mass is 509 g/mol. The van der Waals surface area contributed by atoms with Crippen LogP contribution in [0, 0.1) is 10.1 Å². The summed E-state index contributed by atoms with van der Waals surface area (Å²) in [7, 11) is 0. The Hall–Kier alpha value is -2.89. The van der Waals surface area contributed by atoms with Crippen molar-refractivity contribution in [2.24, 2.45) is 0 Å². The SMILES string of the molecule is O=C(NCCc1nnc(NC(=O)c2ccc(Cl)cc2[N+](=O)[O-])s1)c1cccc(Br)c1. The van der Waals surface area contributed by atoms with E-state index in [9.17, 15) is 19.7 Å². The predicted molar refractivity (Wildman–Crippen MR) is 116 cm³/mol. The van der Waals surface area contributed by atoms with E-state index < -0.39 is 16.5 Å². The van der Waals surface area contributed by atoms with Gasteiger partial charge in [0.2, 0.25) is 5.13 Å². The average molecular weight is 511 g/mol. The molecule has 2 amide bonds. The van der Waals surface area contributed by atoms with Crippen molar-refractivity contribution in [3.8, 4) is 0 Å². The summed E-state index contributed by atoms with van der Waals surface area (Å²) in [5.41, 5.74) is -0.0124. The highest BCUT2D eigenvalue weighted by Gasteiger charge is 2.21. The Morgan fingerprint density at radius 2 is 1.97 bits per heavy atom. The number of carbonyl (C=O) groups is 2. The van der Waals surface area contributed by atoms with Crippen LogP contribution in [0.15, 0.2) is 46.9 Å². The van der Waals surface area contributed by atoms with Crippen LogP contribution in [0.1, 0.15) is 25.7 Å². The fraction of sp³-hybridized carbons (Fsp3) is 0.111. The molecule has 0 saturated carbocycles. The lowest BCUT2D eigenvalue weighted by Gasteiger charge is -2.04. The molecule has 1 aromatic heterocycles.